The fourth-order valence-corrected chi connectivity index (χ4v) is 3.62. The standard InChI is InChI=1S/C29H27N8.2W/c1-3-7-26(8-4-1)30-32-28-11-15-34(16-12-28)19-21-36-23-24-37(25-36)22-20-35-17-13-29(14-18-35)33-31-27-9-5-2-6-10-27;;/h3-18,23-25H,19-22H2;;/q+1;;. The van der Waals surface area contributed by atoms with E-state index >= 15 is 0 Å². The third-order valence-electron chi connectivity index (χ3n) is 5.69. The Bertz CT molecular complexity index is 1340. The number of hydrogen-bond donors (Lipinski definition) is 0. The molecule has 0 spiro atoms. The van der Waals surface area contributed by atoms with Crippen molar-refractivity contribution in [3.8, 4) is 0 Å². The third-order valence-corrected chi connectivity index (χ3v) is 5.69. The molecule has 0 aliphatic rings. The van der Waals surface area contributed by atoms with Gasteiger partial charge >= 0.3 is 0 Å². The summed E-state index contributed by atoms with van der Waals surface area (Å²) in [5.41, 5.74) is 3.28. The largest absolute Gasteiger partial charge is 0.244 e. The maximum Gasteiger partial charge on any atom is 0.244 e. The van der Waals surface area contributed by atoms with E-state index < -0.39 is 0 Å². The summed E-state index contributed by atoms with van der Waals surface area (Å²) < 4.78 is 8.68. The van der Waals surface area contributed by atoms with Gasteiger partial charge in [0.1, 0.15) is 25.5 Å². The van der Waals surface area contributed by atoms with Crippen LogP contribution >= 0.6 is 0 Å². The van der Waals surface area contributed by atoms with Gasteiger partial charge in [0.15, 0.2) is 37.9 Å². The van der Waals surface area contributed by atoms with E-state index in [4.69, 9.17) is 0 Å². The van der Waals surface area contributed by atoms with E-state index in [9.17, 15) is 0 Å². The maximum atomic E-state index is 4.29. The second-order valence-electron chi connectivity index (χ2n) is 8.39. The van der Waals surface area contributed by atoms with Crippen LogP contribution in [0.4, 0.5) is 22.7 Å². The maximum absolute atomic E-state index is 4.29. The molecule has 3 aromatic heterocycles. The molecule has 0 aliphatic carbocycles. The predicted octanol–water partition coefficient (Wildman–Crippen LogP) is 5.18. The SMILES string of the molecule is [W].[W].[c-]1ccc(N=Nc2cc[n+](CCn3cc[n+](CC[n+]4ccc(N=Nc5cc[c-]cc5)cc4)c3)cc2)cc1. The Labute approximate surface area is 256 Å². The topological polar surface area (TPSA) is 66.0 Å². The first-order valence-corrected chi connectivity index (χ1v) is 12.1. The van der Waals surface area contributed by atoms with Crippen LogP contribution in [0.3, 0.4) is 0 Å². The third kappa shape index (κ3) is 9.65. The molecule has 0 N–H and O–H groups in total. The molecule has 10 heteroatoms. The molecule has 5 rings (SSSR count). The Hall–Kier alpha value is -3.47. The average Bonchev–Trinajstić information content (AvgIpc) is 3.43. The van der Waals surface area contributed by atoms with Gasteiger partial charge in [-0.1, -0.05) is 0 Å². The Kier molecular flexibility index (Phi) is 12.2. The fourth-order valence-electron chi connectivity index (χ4n) is 3.62. The molecule has 0 saturated heterocycles. The smallest absolute Gasteiger partial charge is 0.230 e. The number of hydrogen-bond acceptors (Lipinski definition) is 4. The molecule has 0 bridgehead atoms. The molecule has 39 heavy (non-hydrogen) atoms. The van der Waals surface area contributed by atoms with Crippen LogP contribution in [-0.4, -0.2) is 4.57 Å². The first kappa shape index (κ1) is 30.1. The molecule has 5 aromatic rings. The molecular weight excluding hydrogens is 828 g/mol. The monoisotopic (exact) mass is 855 g/mol. The molecule has 8 nitrogen and oxygen atoms in total. The van der Waals surface area contributed by atoms with Crippen LogP contribution in [0.1, 0.15) is 0 Å². The molecule has 0 radical (unpaired) electrons. The van der Waals surface area contributed by atoms with Crippen molar-refractivity contribution < 1.29 is 55.8 Å². The Morgan fingerprint density at radius 2 is 0.923 bits per heavy atom. The van der Waals surface area contributed by atoms with Crippen LogP contribution in [0, 0.1) is 12.1 Å². The average molecular weight is 855 g/mol. The second kappa shape index (κ2) is 15.8. The van der Waals surface area contributed by atoms with Crippen LogP contribution < -0.4 is 13.7 Å². The van der Waals surface area contributed by atoms with E-state index in [1.54, 1.807) is 0 Å². The number of aryl methyl sites for hydroxylation is 4. The van der Waals surface area contributed by atoms with E-state index in [2.05, 4.69) is 69.6 Å². The summed E-state index contributed by atoms with van der Waals surface area (Å²) in [6.45, 7) is 3.50. The minimum Gasteiger partial charge on any atom is -0.230 e. The number of aromatic nitrogens is 4. The van der Waals surface area contributed by atoms with Crippen LogP contribution in [0.25, 0.3) is 0 Å². The summed E-state index contributed by atoms with van der Waals surface area (Å²) in [6, 6.07) is 28.7. The molecule has 2 aromatic carbocycles. The molecule has 0 aliphatic heterocycles. The summed E-state index contributed by atoms with van der Waals surface area (Å²) in [4.78, 5) is 0. The molecule has 0 fully saturated rings. The normalized spacial score (nSPS) is 10.9. The zero-order chi connectivity index (χ0) is 25.1. The molecule has 194 valence electrons. The number of pyridine rings is 2. The van der Waals surface area contributed by atoms with Crippen LogP contribution in [0.5, 0.6) is 0 Å². The van der Waals surface area contributed by atoms with Gasteiger partial charge in [0.25, 0.3) is 0 Å². The number of imidazole rings is 1. The van der Waals surface area contributed by atoms with Gasteiger partial charge in [-0.2, -0.15) is 56.9 Å². The van der Waals surface area contributed by atoms with Crippen molar-refractivity contribution in [2.24, 2.45) is 20.5 Å². The van der Waals surface area contributed by atoms with Crippen molar-refractivity contribution >= 4 is 22.7 Å². The first-order chi connectivity index (χ1) is 18.3. The summed E-state index contributed by atoms with van der Waals surface area (Å²) in [6.07, 6.45) is 14.5. The van der Waals surface area contributed by atoms with Gasteiger partial charge in [-0.15, -0.1) is 24.3 Å². The quantitative estimate of drug-likeness (QED) is 0.106. The van der Waals surface area contributed by atoms with Crippen LogP contribution in [0.15, 0.2) is 137 Å². The van der Waals surface area contributed by atoms with Gasteiger partial charge in [-0.25, -0.2) is 18.3 Å². The van der Waals surface area contributed by atoms with Crippen molar-refractivity contribution in [1.29, 1.82) is 0 Å². The van der Waals surface area contributed by atoms with E-state index in [1.807, 2.05) is 97.6 Å². The Balaban J connectivity index is 0.00000210. The zero-order valence-corrected chi connectivity index (χ0v) is 27.1. The van der Waals surface area contributed by atoms with Crippen molar-refractivity contribution in [2.75, 3.05) is 0 Å². The van der Waals surface area contributed by atoms with Gasteiger partial charge < -0.3 is 0 Å². The van der Waals surface area contributed by atoms with Gasteiger partial charge in [0.2, 0.25) is 6.33 Å². The van der Waals surface area contributed by atoms with Gasteiger partial charge in [0, 0.05) is 66.4 Å². The van der Waals surface area contributed by atoms with E-state index in [1.165, 1.54) is 0 Å². The first-order valence-electron chi connectivity index (χ1n) is 12.1. The number of benzene rings is 2. The summed E-state index contributed by atoms with van der Waals surface area (Å²) in [7, 11) is 0. The van der Waals surface area contributed by atoms with Crippen LogP contribution in [-0.2, 0) is 68.3 Å². The Morgan fingerprint density at radius 3 is 1.41 bits per heavy atom. The Morgan fingerprint density at radius 1 is 0.513 bits per heavy atom. The fraction of sp³-hybridized carbons (Fsp3) is 0.138. The second-order valence-corrected chi connectivity index (χ2v) is 8.39. The predicted molar refractivity (Wildman–Crippen MR) is 137 cm³/mol. The molecular formula is C29H27N8W2+. The number of rotatable bonds is 10. The minimum absolute atomic E-state index is 0. The molecule has 0 amide bonds. The molecule has 0 saturated carbocycles. The minimum atomic E-state index is 0. The van der Waals surface area contributed by atoms with E-state index in [0.29, 0.717) is 0 Å². The van der Waals surface area contributed by atoms with Gasteiger partial charge in [-0.05, 0) is 11.4 Å². The summed E-state index contributed by atoms with van der Waals surface area (Å²) in [5.74, 6) is 0. The molecule has 0 atom stereocenters. The van der Waals surface area contributed by atoms with Crippen molar-refractivity contribution in [3.63, 3.8) is 0 Å². The van der Waals surface area contributed by atoms with Crippen molar-refractivity contribution in [1.82, 2.24) is 4.57 Å². The van der Waals surface area contributed by atoms with Crippen molar-refractivity contribution in [3.05, 3.63) is 128 Å². The van der Waals surface area contributed by atoms with Gasteiger partial charge in [0.05, 0.1) is 11.4 Å². The number of nitrogens with zero attached hydrogens (tertiary/aromatic N) is 8. The number of azo groups is 2. The zero-order valence-electron chi connectivity index (χ0n) is 21.2. The summed E-state index contributed by atoms with van der Waals surface area (Å²) in [5, 5.41) is 17.1. The van der Waals surface area contributed by atoms with Crippen molar-refractivity contribution in [2.45, 2.75) is 26.2 Å². The van der Waals surface area contributed by atoms with E-state index in [-0.39, 0.29) is 42.1 Å². The van der Waals surface area contributed by atoms with E-state index in [0.717, 1.165) is 48.9 Å². The molecule has 0 unspecified atom stereocenters. The van der Waals surface area contributed by atoms with Gasteiger partial charge in [-0.3, -0.25) is 0 Å². The molecule has 3 heterocycles. The van der Waals surface area contributed by atoms with Crippen LogP contribution in [0.2, 0.25) is 0 Å². The summed E-state index contributed by atoms with van der Waals surface area (Å²) >= 11 is 0.